The molecule has 2 heterocycles. The van der Waals surface area contributed by atoms with Crippen molar-refractivity contribution in [2.75, 3.05) is 5.32 Å². The molecule has 0 aliphatic carbocycles. The van der Waals surface area contributed by atoms with E-state index in [1.165, 1.54) is 0 Å². The number of carbonyl (C=O) groups excluding carboxylic acids is 2. The molecular weight excluding hydrogens is 446 g/mol. The summed E-state index contributed by atoms with van der Waals surface area (Å²) in [5.41, 5.74) is 3.05. The average Bonchev–Trinajstić information content (AvgIpc) is 3.21. The minimum atomic E-state index is -0.798. The van der Waals surface area contributed by atoms with E-state index in [1.54, 1.807) is 44.5 Å². The lowest BCUT2D eigenvalue weighted by atomic mass is 10.0. The highest BCUT2D eigenvalue weighted by atomic mass is 32.1. The first-order valence-electron chi connectivity index (χ1n) is 11.0. The summed E-state index contributed by atoms with van der Waals surface area (Å²) in [6, 6.07) is 18.7. The fourth-order valence-electron chi connectivity index (χ4n) is 3.59. The molecule has 0 unspecified atom stereocenters. The number of pyridine rings is 1. The van der Waals surface area contributed by atoms with Gasteiger partial charge in [0.25, 0.3) is 0 Å². The standard InChI is InChI=1S/C27H27N3O3S/c1-27(2,3)33-26(32)30-23(16-20-17-34-24-7-5-4-6-22(20)24)25(31)29-21-10-8-18(9-11-21)19-12-14-28-15-13-19/h4-15,17,23H,16H2,1-3H3,(H,29,31)(H,30,32)/t23-/m1/s1. The van der Waals surface area contributed by atoms with E-state index in [0.717, 1.165) is 26.8 Å². The molecular formula is C27H27N3O3S. The van der Waals surface area contributed by atoms with E-state index in [2.05, 4.69) is 15.6 Å². The van der Waals surface area contributed by atoms with Crippen LogP contribution in [0.4, 0.5) is 10.5 Å². The van der Waals surface area contributed by atoms with Crippen LogP contribution in [0, 0.1) is 0 Å². The number of hydrogen-bond donors (Lipinski definition) is 2. The highest BCUT2D eigenvalue weighted by Crippen LogP contribution is 2.27. The summed E-state index contributed by atoms with van der Waals surface area (Å²) < 4.78 is 6.55. The van der Waals surface area contributed by atoms with E-state index in [1.807, 2.05) is 66.0 Å². The zero-order valence-corrected chi connectivity index (χ0v) is 20.2. The van der Waals surface area contributed by atoms with E-state index in [9.17, 15) is 9.59 Å². The lowest BCUT2D eigenvalue weighted by Gasteiger charge is -2.23. The molecule has 2 N–H and O–H groups in total. The van der Waals surface area contributed by atoms with Gasteiger partial charge in [-0.05, 0) is 78.6 Å². The first-order valence-corrected chi connectivity index (χ1v) is 11.9. The second-order valence-corrected chi connectivity index (χ2v) is 9.87. The van der Waals surface area contributed by atoms with Gasteiger partial charge in [-0.1, -0.05) is 30.3 Å². The summed E-state index contributed by atoms with van der Waals surface area (Å²) in [6.45, 7) is 5.37. The van der Waals surface area contributed by atoms with Crippen molar-refractivity contribution in [2.45, 2.75) is 38.8 Å². The Hall–Kier alpha value is -3.71. The van der Waals surface area contributed by atoms with Crippen molar-refractivity contribution in [3.8, 4) is 11.1 Å². The van der Waals surface area contributed by atoms with Crippen molar-refractivity contribution in [3.63, 3.8) is 0 Å². The predicted octanol–water partition coefficient (Wildman–Crippen LogP) is 6.04. The number of benzene rings is 2. The van der Waals surface area contributed by atoms with Crippen molar-refractivity contribution in [3.05, 3.63) is 84.0 Å². The maximum atomic E-state index is 13.2. The van der Waals surface area contributed by atoms with E-state index in [-0.39, 0.29) is 5.91 Å². The Bertz CT molecular complexity index is 1280. The van der Waals surface area contributed by atoms with Gasteiger partial charge in [0.05, 0.1) is 0 Å². The number of aromatic nitrogens is 1. The highest BCUT2D eigenvalue weighted by Gasteiger charge is 2.26. The lowest BCUT2D eigenvalue weighted by molar-refractivity contribution is -0.118. The maximum absolute atomic E-state index is 13.2. The number of hydrogen-bond acceptors (Lipinski definition) is 5. The van der Waals surface area contributed by atoms with Gasteiger partial charge in [-0.2, -0.15) is 0 Å². The summed E-state index contributed by atoms with van der Waals surface area (Å²) in [4.78, 5) is 29.8. The van der Waals surface area contributed by atoms with Gasteiger partial charge in [-0.15, -0.1) is 11.3 Å². The minimum absolute atomic E-state index is 0.308. The van der Waals surface area contributed by atoms with Crippen LogP contribution in [0.2, 0.25) is 0 Å². The number of carbonyl (C=O) groups is 2. The molecule has 174 valence electrons. The maximum Gasteiger partial charge on any atom is 0.408 e. The Balaban J connectivity index is 1.52. The summed E-state index contributed by atoms with van der Waals surface area (Å²) in [6.07, 6.45) is 3.21. The molecule has 2 aromatic carbocycles. The van der Waals surface area contributed by atoms with E-state index in [0.29, 0.717) is 12.1 Å². The van der Waals surface area contributed by atoms with Crippen LogP contribution in [-0.4, -0.2) is 28.6 Å². The first-order chi connectivity index (χ1) is 16.3. The van der Waals surface area contributed by atoms with Crippen LogP contribution in [0.3, 0.4) is 0 Å². The molecule has 0 bridgehead atoms. The molecule has 34 heavy (non-hydrogen) atoms. The molecule has 4 rings (SSSR count). The molecule has 0 radical (unpaired) electrons. The molecule has 0 aliphatic rings. The zero-order valence-electron chi connectivity index (χ0n) is 19.4. The molecule has 0 aliphatic heterocycles. The number of nitrogens with one attached hydrogen (secondary N) is 2. The van der Waals surface area contributed by atoms with Gasteiger partial charge in [-0.25, -0.2) is 4.79 Å². The average molecular weight is 474 g/mol. The molecule has 7 heteroatoms. The second-order valence-electron chi connectivity index (χ2n) is 8.96. The van der Waals surface area contributed by atoms with Gasteiger partial charge >= 0.3 is 6.09 Å². The summed E-state index contributed by atoms with van der Waals surface area (Å²) >= 11 is 1.62. The minimum Gasteiger partial charge on any atom is -0.444 e. The quantitative estimate of drug-likeness (QED) is 0.358. The number of nitrogens with zero attached hydrogens (tertiary/aromatic N) is 1. The largest absolute Gasteiger partial charge is 0.444 e. The lowest BCUT2D eigenvalue weighted by Crippen LogP contribution is -2.47. The molecule has 0 fully saturated rings. The van der Waals surface area contributed by atoms with Crippen LogP contribution in [0.1, 0.15) is 26.3 Å². The summed E-state index contributed by atoms with van der Waals surface area (Å²) in [5.74, 6) is -0.308. The van der Waals surface area contributed by atoms with E-state index < -0.39 is 17.7 Å². The van der Waals surface area contributed by atoms with Crippen LogP contribution in [0.25, 0.3) is 21.2 Å². The second kappa shape index (κ2) is 10.1. The van der Waals surface area contributed by atoms with Crippen LogP contribution in [0.15, 0.2) is 78.4 Å². The smallest absolute Gasteiger partial charge is 0.408 e. The monoisotopic (exact) mass is 473 g/mol. The molecule has 0 saturated carbocycles. The number of rotatable bonds is 6. The molecule has 0 saturated heterocycles. The molecule has 6 nitrogen and oxygen atoms in total. The third-order valence-corrected chi connectivity index (χ3v) is 6.17. The van der Waals surface area contributed by atoms with Crippen LogP contribution >= 0.6 is 11.3 Å². The highest BCUT2D eigenvalue weighted by molar-refractivity contribution is 7.17. The van der Waals surface area contributed by atoms with Crippen molar-refractivity contribution in [2.24, 2.45) is 0 Å². The summed E-state index contributed by atoms with van der Waals surface area (Å²) in [7, 11) is 0. The Morgan fingerprint density at radius 1 is 0.971 bits per heavy atom. The molecule has 2 aromatic heterocycles. The molecule has 4 aromatic rings. The third kappa shape index (κ3) is 5.99. The molecule has 2 amide bonds. The van der Waals surface area contributed by atoms with Crippen molar-refractivity contribution >= 4 is 39.1 Å². The van der Waals surface area contributed by atoms with E-state index in [4.69, 9.17) is 4.74 Å². The predicted molar refractivity (Wildman–Crippen MR) is 137 cm³/mol. The SMILES string of the molecule is CC(C)(C)OC(=O)N[C@H](Cc1csc2ccccc12)C(=O)Nc1ccc(-c2ccncc2)cc1. The van der Waals surface area contributed by atoms with Gasteiger partial charge in [-0.3, -0.25) is 9.78 Å². The fourth-order valence-corrected chi connectivity index (χ4v) is 4.57. The van der Waals surface area contributed by atoms with Crippen LogP contribution in [-0.2, 0) is 16.0 Å². The van der Waals surface area contributed by atoms with Gasteiger partial charge in [0.1, 0.15) is 11.6 Å². The number of fused-ring (bicyclic) bond motifs is 1. The number of ether oxygens (including phenoxy) is 1. The van der Waals surface area contributed by atoms with Gasteiger partial charge in [0, 0.05) is 29.2 Å². The van der Waals surface area contributed by atoms with E-state index >= 15 is 0 Å². The topological polar surface area (TPSA) is 80.3 Å². The van der Waals surface area contributed by atoms with Crippen molar-refractivity contribution < 1.29 is 14.3 Å². The number of anilines is 1. The van der Waals surface area contributed by atoms with Crippen LogP contribution < -0.4 is 10.6 Å². The fraction of sp³-hybridized carbons (Fsp3) is 0.222. The van der Waals surface area contributed by atoms with Gasteiger partial charge in [0.15, 0.2) is 0 Å². The Kier molecular flexibility index (Phi) is 6.93. The van der Waals surface area contributed by atoms with Gasteiger partial charge < -0.3 is 15.4 Å². The van der Waals surface area contributed by atoms with Crippen LogP contribution in [0.5, 0.6) is 0 Å². The van der Waals surface area contributed by atoms with Crippen molar-refractivity contribution in [1.29, 1.82) is 0 Å². The Labute approximate surface area is 203 Å². The van der Waals surface area contributed by atoms with Gasteiger partial charge in [0.2, 0.25) is 5.91 Å². The molecule has 1 atom stereocenters. The first kappa shape index (κ1) is 23.4. The number of amides is 2. The number of alkyl carbamates (subject to hydrolysis) is 1. The summed E-state index contributed by atoms with van der Waals surface area (Å²) in [5, 5.41) is 8.80. The molecule has 0 spiro atoms. The Morgan fingerprint density at radius 2 is 1.65 bits per heavy atom. The Morgan fingerprint density at radius 3 is 2.35 bits per heavy atom. The number of thiophene rings is 1. The normalized spacial score (nSPS) is 12.2. The third-order valence-electron chi connectivity index (χ3n) is 5.16. The van der Waals surface area contributed by atoms with Crippen molar-refractivity contribution in [1.82, 2.24) is 10.3 Å². The zero-order chi connectivity index (χ0) is 24.1.